The van der Waals surface area contributed by atoms with Gasteiger partial charge in [-0.05, 0) is 43.4 Å². The fourth-order valence-corrected chi connectivity index (χ4v) is 2.46. The number of aliphatic imine (C=N–C) groups is 1. The van der Waals surface area contributed by atoms with E-state index < -0.39 is 0 Å². The minimum atomic E-state index is 0. The number of hydrogen-bond acceptors (Lipinski definition) is 4. The smallest absolute Gasteiger partial charge is 0.194 e. The Kier molecular flexibility index (Phi) is 10.7. The van der Waals surface area contributed by atoms with Crippen LogP contribution in [0.3, 0.4) is 0 Å². The van der Waals surface area contributed by atoms with Gasteiger partial charge in [-0.2, -0.15) is 0 Å². The molecule has 7 heteroatoms. The summed E-state index contributed by atoms with van der Waals surface area (Å²) in [5.74, 6) is 3.14. The molecule has 1 aromatic carbocycles. The lowest BCUT2D eigenvalue weighted by Gasteiger charge is -2.22. The highest BCUT2D eigenvalue weighted by Crippen LogP contribution is 2.29. The molecule has 26 heavy (non-hydrogen) atoms. The van der Waals surface area contributed by atoms with Crippen LogP contribution in [0.25, 0.3) is 0 Å². The van der Waals surface area contributed by atoms with Gasteiger partial charge >= 0.3 is 0 Å². The quantitative estimate of drug-likeness (QED) is 0.243. The van der Waals surface area contributed by atoms with Crippen LogP contribution in [0.15, 0.2) is 23.2 Å². The summed E-state index contributed by atoms with van der Waals surface area (Å²) in [6.07, 6.45) is 2.65. The first-order valence-electron chi connectivity index (χ1n) is 8.96. The van der Waals surface area contributed by atoms with Crippen molar-refractivity contribution in [2.75, 3.05) is 47.6 Å². The second kappa shape index (κ2) is 12.2. The standard InChI is InChI=1S/C19H31N3O3.HI/c1-5-20-19(22(2)10-11-25-14-15-6-7-15)21-13-16-8-9-17(23-3)18(12-16)24-4;/h8-9,12,15H,5-7,10-11,13-14H2,1-4H3,(H,20,21);1H. The summed E-state index contributed by atoms with van der Waals surface area (Å²) in [5, 5.41) is 3.33. The second-order valence-corrected chi connectivity index (χ2v) is 6.30. The molecule has 2 rings (SSSR count). The second-order valence-electron chi connectivity index (χ2n) is 6.30. The molecular formula is C19H32IN3O3. The summed E-state index contributed by atoms with van der Waals surface area (Å²) in [7, 11) is 5.32. The summed E-state index contributed by atoms with van der Waals surface area (Å²) in [5.41, 5.74) is 1.08. The molecule has 1 aliphatic carbocycles. The molecule has 0 saturated heterocycles. The zero-order chi connectivity index (χ0) is 18.1. The van der Waals surface area contributed by atoms with Gasteiger partial charge in [0.25, 0.3) is 0 Å². The average molecular weight is 477 g/mol. The number of nitrogens with one attached hydrogen (secondary N) is 1. The number of hydrogen-bond donors (Lipinski definition) is 1. The third kappa shape index (κ3) is 7.57. The van der Waals surface area contributed by atoms with Crippen molar-refractivity contribution in [3.63, 3.8) is 0 Å². The molecular weight excluding hydrogens is 445 g/mol. The number of likely N-dealkylation sites (N-methyl/N-ethyl adjacent to an activating group) is 1. The molecule has 0 bridgehead atoms. The summed E-state index contributed by atoms with van der Waals surface area (Å²) in [4.78, 5) is 6.83. The Morgan fingerprint density at radius 1 is 1.23 bits per heavy atom. The largest absolute Gasteiger partial charge is 0.493 e. The van der Waals surface area contributed by atoms with Gasteiger partial charge in [0.1, 0.15) is 0 Å². The SMILES string of the molecule is CCNC(=NCc1ccc(OC)c(OC)c1)N(C)CCOCC1CC1.I. The number of ether oxygens (including phenoxy) is 3. The molecule has 0 aliphatic heterocycles. The number of nitrogens with zero attached hydrogens (tertiary/aromatic N) is 2. The van der Waals surface area contributed by atoms with Crippen molar-refractivity contribution < 1.29 is 14.2 Å². The highest BCUT2D eigenvalue weighted by Gasteiger charge is 2.21. The van der Waals surface area contributed by atoms with Crippen LogP contribution in [0.4, 0.5) is 0 Å². The van der Waals surface area contributed by atoms with Crippen LogP contribution in [-0.2, 0) is 11.3 Å². The molecule has 0 amide bonds. The van der Waals surface area contributed by atoms with Gasteiger partial charge in [0, 0.05) is 26.7 Å². The zero-order valence-electron chi connectivity index (χ0n) is 16.3. The van der Waals surface area contributed by atoms with E-state index in [2.05, 4.69) is 17.1 Å². The first-order valence-corrected chi connectivity index (χ1v) is 8.96. The molecule has 0 spiro atoms. The molecule has 148 valence electrons. The minimum absolute atomic E-state index is 0. The minimum Gasteiger partial charge on any atom is -0.493 e. The highest BCUT2D eigenvalue weighted by atomic mass is 127. The van der Waals surface area contributed by atoms with Crippen LogP contribution < -0.4 is 14.8 Å². The van der Waals surface area contributed by atoms with Gasteiger partial charge < -0.3 is 24.4 Å². The summed E-state index contributed by atoms with van der Waals surface area (Å²) in [6, 6.07) is 5.88. The van der Waals surface area contributed by atoms with Crippen molar-refractivity contribution >= 4 is 29.9 Å². The lowest BCUT2D eigenvalue weighted by molar-refractivity contribution is 0.115. The third-order valence-corrected chi connectivity index (χ3v) is 4.18. The Bertz CT molecular complexity index is 565. The summed E-state index contributed by atoms with van der Waals surface area (Å²) >= 11 is 0. The summed E-state index contributed by atoms with van der Waals surface area (Å²) in [6.45, 7) is 5.93. The maximum atomic E-state index is 5.72. The van der Waals surface area contributed by atoms with Gasteiger partial charge in [-0.1, -0.05) is 6.07 Å². The van der Waals surface area contributed by atoms with Crippen LogP contribution in [0.2, 0.25) is 0 Å². The predicted molar refractivity (Wildman–Crippen MR) is 116 cm³/mol. The van der Waals surface area contributed by atoms with Gasteiger partial charge in [0.2, 0.25) is 0 Å². The Balaban J connectivity index is 0.00000338. The zero-order valence-corrected chi connectivity index (χ0v) is 18.6. The summed E-state index contributed by atoms with van der Waals surface area (Å²) < 4.78 is 16.3. The lowest BCUT2D eigenvalue weighted by Crippen LogP contribution is -2.40. The van der Waals surface area contributed by atoms with Gasteiger partial charge in [-0.15, -0.1) is 24.0 Å². The van der Waals surface area contributed by atoms with Crippen molar-refractivity contribution in [3.05, 3.63) is 23.8 Å². The van der Waals surface area contributed by atoms with E-state index in [4.69, 9.17) is 19.2 Å². The molecule has 1 aliphatic rings. The molecule has 0 heterocycles. The van der Waals surface area contributed by atoms with Crippen molar-refractivity contribution in [1.29, 1.82) is 0 Å². The van der Waals surface area contributed by atoms with Gasteiger partial charge in [0.05, 0.1) is 27.4 Å². The lowest BCUT2D eigenvalue weighted by atomic mass is 10.2. The number of guanidine groups is 1. The maximum Gasteiger partial charge on any atom is 0.194 e. The Morgan fingerprint density at radius 2 is 1.96 bits per heavy atom. The maximum absolute atomic E-state index is 5.72. The van der Waals surface area contributed by atoms with Crippen LogP contribution in [0, 0.1) is 5.92 Å². The van der Waals surface area contributed by atoms with Gasteiger partial charge in [-0.25, -0.2) is 4.99 Å². The first kappa shape index (κ1) is 22.8. The van der Waals surface area contributed by atoms with E-state index in [0.717, 1.165) is 55.2 Å². The van der Waals surface area contributed by atoms with E-state index >= 15 is 0 Å². The van der Waals surface area contributed by atoms with Crippen LogP contribution in [0.1, 0.15) is 25.3 Å². The van der Waals surface area contributed by atoms with E-state index in [-0.39, 0.29) is 24.0 Å². The first-order chi connectivity index (χ1) is 12.2. The van der Waals surface area contributed by atoms with E-state index in [1.54, 1.807) is 14.2 Å². The highest BCUT2D eigenvalue weighted by molar-refractivity contribution is 14.0. The van der Waals surface area contributed by atoms with Crippen molar-refractivity contribution in [2.45, 2.75) is 26.3 Å². The predicted octanol–water partition coefficient (Wildman–Crippen LogP) is 3.15. The van der Waals surface area contributed by atoms with E-state index in [0.29, 0.717) is 6.54 Å². The monoisotopic (exact) mass is 477 g/mol. The number of rotatable bonds is 10. The van der Waals surface area contributed by atoms with Crippen molar-refractivity contribution in [2.24, 2.45) is 10.9 Å². The number of methoxy groups -OCH3 is 2. The molecule has 1 fully saturated rings. The molecule has 0 atom stereocenters. The van der Waals surface area contributed by atoms with Gasteiger partial charge in [0.15, 0.2) is 17.5 Å². The molecule has 0 unspecified atom stereocenters. The number of benzene rings is 1. The molecule has 0 radical (unpaired) electrons. The Morgan fingerprint density at radius 3 is 2.58 bits per heavy atom. The van der Waals surface area contributed by atoms with Crippen molar-refractivity contribution in [3.8, 4) is 11.5 Å². The topological polar surface area (TPSA) is 55.3 Å². The third-order valence-electron chi connectivity index (χ3n) is 4.18. The molecule has 1 aromatic rings. The fourth-order valence-electron chi connectivity index (χ4n) is 2.46. The van der Waals surface area contributed by atoms with E-state index in [1.165, 1.54) is 12.8 Å². The van der Waals surface area contributed by atoms with E-state index in [9.17, 15) is 0 Å². The van der Waals surface area contributed by atoms with Crippen LogP contribution in [0.5, 0.6) is 11.5 Å². The number of halogens is 1. The fraction of sp³-hybridized carbons (Fsp3) is 0.632. The molecule has 1 saturated carbocycles. The normalized spacial score (nSPS) is 13.8. The molecule has 6 nitrogen and oxygen atoms in total. The van der Waals surface area contributed by atoms with Crippen molar-refractivity contribution in [1.82, 2.24) is 10.2 Å². The van der Waals surface area contributed by atoms with E-state index in [1.807, 2.05) is 25.2 Å². The van der Waals surface area contributed by atoms with Crippen LogP contribution >= 0.6 is 24.0 Å². The Labute approximate surface area is 174 Å². The van der Waals surface area contributed by atoms with Crippen LogP contribution in [-0.4, -0.2) is 58.4 Å². The molecule has 1 N–H and O–H groups in total. The Hall–Kier alpha value is -1.22. The molecule has 0 aromatic heterocycles. The van der Waals surface area contributed by atoms with Gasteiger partial charge in [-0.3, -0.25) is 0 Å². The average Bonchev–Trinajstić information content (AvgIpc) is 3.46.